The van der Waals surface area contributed by atoms with Crippen LogP contribution in [0.25, 0.3) is 0 Å². The van der Waals surface area contributed by atoms with Crippen LogP contribution < -0.4 is 14.8 Å². The van der Waals surface area contributed by atoms with Gasteiger partial charge in [0.1, 0.15) is 11.5 Å². The van der Waals surface area contributed by atoms with Crippen LogP contribution in [0.3, 0.4) is 0 Å². The topological polar surface area (TPSA) is 84.9 Å². The van der Waals surface area contributed by atoms with Gasteiger partial charge in [-0.1, -0.05) is 60.1 Å². The second kappa shape index (κ2) is 12.8. The summed E-state index contributed by atoms with van der Waals surface area (Å²) in [5, 5.41) is 3.17. The number of aryl methyl sites for hydroxylation is 1. The van der Waals surface area contributed by atoms with E-state index in [1.165, 1.54) is 6.07 Å². The number of carbonyl (C=O) groups excluding carboxylic acids is 1. The Labute approximate surface area is 234 Å². The molecule has 0 radical (unpaired) electrons. The van der Waals surface area contributed by atoms with Crippen LogP contribution in [-0.4, -0.2) is 31.8 Å². The smallest absolute Gasteiger partial charge is 0.243 e. The number of ether oxygens (including phenoxy) is 2. The number of nitrogens with one attached hydrogen (secondary N) is 1. The van der Waals surface area contributed by atoms with Crippen LogP contribution in [-0.2, 0) is 21.4 Å². The minimum atomic E-state index is -4.05. The molecule has 0 aliphatic carbocycles. The first kappa shape index (κ1) is 28.2. The van der Waals surface area contributed by atoms with E-state index < -0.39 is 22.5 Å². The zero-order valence-electron chi connectivity index (χ0n) is 21.6. The van der Waals surface area contributed by atoms with Crippen LogP contribution >= 0.6 is 11.6 Å². The molecular weight excluding hydrogens is 536 g/mol. The maximum Gasteiger partial charge on any atom is 0.243 e. The molecule has 202 valence electrons. The molecule has 0 heterocycles. The number of nitrogens with zero attached hydrogens (tertiary/aromatic N) is 1. The number of halogens is 1. The van der Waals surface area contributed by atoms with Gasteiger partial charge in [-0.2, -0.15) is 4.31 Å². The summed E-state index contributed by atoms with van der Waals surface area (Å²) in [6.45, 7) is 3.69. The quantitative estimate of drug-likeness (QED) is 0.220. The lowest BCUT2D eigenvalue weighted by Crippen LogP contribution is -2.37. The molecule has 0 unspecified atom stereocenters. The molecule has 39 heavy (non-hydrogen) atoms. The number of anilines is 1. The van der Waals surface area contributed by atoms with Gasteiger partial charge in [-0.3, -0.25) is 4.79 Å². The fourth-order valence-electron chi connectivity index (χ4n) is 3.92. The second-order valence-corrected chi connectivity index (χ2v) is 11.1. The predicted octanol–water partition coefficient (Wildman–Crippen LogP) is 6.67. The average molecular weight is 565 g/mol. The van der Waals surface area contributed by atoms with E-state index in [9.17, 15) is 13.2 Å². The Morgan fingerprint density at radius 3 is 2.23 bits per heavy atom. The van der Waals surface area contributed by atoms with Crippen molar-refractivity contribution in [3.8, 4) is 17.2 Å². The van der Waals surface area contributed by atoms with Gasteiger partial charge in [0.2, 0.25) is 15.9 Å². The van der Waals surface area contributed by atoms with Crippen molar-refractivity contribution in [3.63, 3.8) is 0 Å². The standard InChI is InChI=1S/C30H29ClN2O5S/c1-3-37-28-17-15-26(18-22(28)2)39(35,36)33(20-23-10-6-4-7-11-23)21-30(34)32-27-19-24(31)14-16-29(27)38-25-12-8-5-9-13-25/h4-19H,3,20-21H2,1-2H3,(H,32,34). The molecule has 4 aromatic carbocycles. The highest BCUT2D eigenvalue weighted by atomic mass is 35.5. The van der Waals surface area contributed by atoms with Crippen molar-refractivity contribution in [2.45, 2.75) is 25.3 Å². The molecule has 0 saturated carbocycles. The molecule has 0 spiro atoms. The van der Waals surface area contributed by atoms with Gasteiger partial charge >= 0.3 is 0 Å². The van der Waals surface area contributed by atoms with Gasteiger partial charge in [0.25, 0.3) is 0 Å². The average Bonchev–Trinajstić information content (AvgIpc) is 2.92. The Kier molecular flexibility index (Phi) is 9.24. The zero-order valence-corrected chi connectivity index (χ0v) is 23.2. The van der Waals surface area contributed by atoms with E-state index in [0.717, 1.165) is 9.87 Å². The highest BCUT2D eigenvalue weighted by molar-refractivity contribution is 7.89. The molecule has 4 rings (SSSR count). The lowest BCUT2D eigenvalue weighted by atomic mass is 10.2. The van der Waals surface area contributed by atoms with E-state index in [-0.39, 0.29) is 11.4 Å². The molecule has 4 aromatic rings. The molecule has 9 heteroatoms. The Hall–Kier alpha value is -3.85. The van der Waals surface area contributed by atoms with Gasteiger partial charge in [0.15, 0.2) is 5.75 Å². The van der Waals surface area contributed by atoms with E-state index >= 15 is 0 Å². The molecule has 1 amide bonds. The minimum Gasteiger partial charge on any atom is -0.494 e. The summed E-state index contributed by atoms with van der Waals surface area (Å²) >= 11 is 6.20. The molecule has 0 aliphatic rings. The third-order valence-electron chi connectivity index (χ3n) is 5.79. The van der Waals surface area contributed by atoms with Gasteiger partial charge in [0, 0.05) is 11.6 Å². The highest BCUT2D eigenvalue weighted by Gasteiger charge is 2.28. The normalized spacial score (nSPS) is 11.3. The number of sulfonamides is 1. The molecule has 1 N–H and O–H groups in total. The zero-order chi connectivity index (χ0) is 27.8. The minimum absolute atomic E-state index is 0.00572. The van der Waals surface area contributed by atoms with Crippen LogP contribution in [0.5, 0.6) is 17.2 Å². The molecule has 0 aliphatic heterocycles. The molecule has 0 atom stereocenters. The maximum absolute atomic E-state index is 13.8. The molecule has 0 bridgehead atoms. The van der Waals surface area contributed by atoms with Crippen molar-refractivity contribution in [3.05, 3.63) is 113 Å². The van der Waals surface area contributed by atoms with E-state index in [1.807, 2.05) is 55.5 Å². The summed E-state index contributed by atoms with van der Waals surface area (Å²) in [6, 6.07) is 27.7. The summed E-state index contributed by atoms with van der Waals surface area (Å²) in [5.41, 5.74) is 1.75. The third-order valence-corrected chi connectivity index (χ3v) is 7.82. The summed E-state index contributed by atoms with van der Waals surface area (Å²) in [5.74, 6) is 1.01. The number of benzene rings is 4. The van der Waals surface area contributed by atoms with E-state index in [2.05, 4.69) is 5.32 Å². The maximum atomic E-state index is 13.8. The van der Waals surface area contributed by atoms with Gasteiger partial charge in [-0.25, -0.2) is 8.42 Å². The second-order valence-electron chi connectivity index (χ2n) is 8.72. The Morgan fingerprint density at radius 1 is 0.897 bits per heavy atom. The first-order valence-electron chi connectivity index (χ1n) is 12.4. The van der Waals surface area contributed by atoms with Crippen LogP contribution in [0.15, 0.2) is 102 Å². The summed E-state index contributed by atoms with van der Waals surface area (Å²) < 4.78 is 40.2. The van der Waals surface area contributed by atoms with Crippen molar-refractivity contribution >= 4 is 33.2 Å². The van der Waals surface area contributed by atoms with Crippen molar-refractivity contribution in [2.75, 3.05) is 18.5 Å². The number of hydrogen-bond acceptors (Lipinski definition) is 5. The Balaban J connectivity index is 1.61. The summed E-state index contributed by atoms with van der Waals surface area (Å²) in [7, 11) is -4.05. The van der Waals surface area contributed by atoms with Gasteiger partial charge in [0.05, 0.1) is 23.7 Å². The molecular formula is C30H29ClN2O5S. The predicted molar refractivity (Wildman–Crippen MR) is 153 cm³/mol. The van der Waals surface area contributed by atoms with Crippen molar-refractivity contribution in [1.82, 2.24) is 4.31 Å². The molecule has 0 saturated heterocycles. The van der Waals surface area contributed by atoms with Crippen LogP contribution in [0, 0.1) is 6.92 Å². The molecule has 0 fully saturated rings. The largest absolute Gasteiger partial charge is 0.494 e. The van der Waals surface area contributed by atoms with Crippen molar-refractivity contribution in [2.24, 2.45) is 0 Å². The number of rotatable bonds is 11. The van der Waals surface area contributed by atoms with Crippen molar-refractivity contribution < 1.29 is 22.7 Å². The highest BCUT2D eigenvalue weighted by Crippen LogP contribution is 2.32. The fraction of sp³-hybridized carbons (Fsp3) is 0.167. The van der Waals surface area contributed by atoms with Gasteiger partial charge in [-0.05, 0) is 73.5 Å². The lowest BCUT2D eigenvalue weighted by Gasteiger charge is -2.23. The first-order valence-corrected chi connectivity index (χ1v) is 14.2. The van der Waals surface area contributed by atoms with Gasteiger partial charge in [-0.15, -0.1) is 0 Å². The SMILES string of the molecule is CCOc1ccc(S(=O)(=O)N(CC(=O)Nc2cc(Cl)ccc2Oc2ccccc2)Cc2ccccc2)cc1C. The number of para-hydroxylation sites is 1. The van der Waals surface area contributed by atoms with Crippen LogP contribution in [0.4, 0.5) is 5.69 Å². The van der Waals surface area contributed by atoms with Crippen molar-refractivity contribution in [1.29, 1.82) is 0 Å². The van der Waals surface area contributed by atoms with E-state index in [4.69, 9.17) is 21.1 Å². The van der Waals surface area contributed by atoms with E-state index in [1.54, 1.807) is 49.4 Å². The summed E-state index contributed by atoms with van der Waals surface area (Å²) in [6.07, 6.45) is 0. The van der Waals surface area contributed by atoms with Crippen LogP contribution in [0.2, 0.25) is 5.02 Å². The number of amides is 1. The molecule has 7 nitrogen and oxygen atoms in total. The monoisotopic (exact) mass is 564 g/mol. The van der Waals surface area contributed by atoms with E-state index in [0.29, 0.717) is 40.1 Å². The number of hydrogen-bond donors (Lipinski definition) is 1. The van der Waals surface area contributed by atoms with Crippen LogP contribution in [0.1, 0.15) is 18.1 Å². The first-order chi connectivity index (χ1) is 18.8. The molecule has 0 aromatic heterocycles. The Bertz CT molecular complexity index is 1530. The number of carbonyl (C=O) groups is 1. The third kappa shape index (κ3) is 7.38. The van der Waals surface area contributed by atoms with Gasteiger partial charge < -0.3 is 14.8 Å². The lowest BCUT2D eigenvalue weighted by molar-refractivity contribution is -0.116. The summed E-state index contributed by atoms with van der Waals surface area (Å²) in [4.78, 5) is 13.3. The fourth-order valence-corrected chi connectivity index (χ4v) is 5.56. The Morgan fingerprint density at radius 2 is 1.56 bits per heavy atom.